The van der Waals surface area contributed by atoms with E-state index in [0.717, 1.165) is 77.0 Å². The highest BCUT2D eigenvalue weighted by atomic mass is 16.6. The molecule has 0 aromatic carbocycles. The number of nitriles is 2. The number of ether oxygens (including phenoxy) is 2. The van der Waals surface area contributed by atoms with Crippen molar-refractivity contribution in [2.45, 2.75) is 144 Å². The van der Waals surface area contributed by atoms with Gasteiger partial charge in [0, 0.05) is 0 Å². The van der Waals surface area contributed by atoms with Crippen LogP contribution in [-0.4, -0.2) is 24.1 Å². The molecule has 0 bridgehead atoms. The van der Waals surface area contributed by atoms with Crippen LogP contribution in [0.1, 0.15) is 131 Å². The number of hydrogen-bond donors (Lipinski definition) is 0. The molecule has 2 fully saturated rings. The molecule has 2 saturated carbocycles. The fraction of sp³-hybridized carbons (Fsp3) is 0.875. The van der Waals surface area contributed by atoms with E-state index in [4.69, 9.17) is 9.47 Å². The lowest BCUT2D eigenvalue weighted by Crippen LogP contribution is -2.45. The van der Waals surface area contributed by atoms with Gasteiger partial charge in [0.2, 0.25) is 0 Å². The molecule has 0 amide bonds. The van der Waals surface area contributed by atoms with E-state index >= 15 is 0 Å². The Hall–Kier alpha value is -2.08. The summed E-state index contributed by atoms with van der Waals surface area (Å²) < 4.78 is 12.1. The van der Waals surface area contributed by atoms with Crippen molar-refractivity contribution >= 4 is 11.9 Å². The molecule has 0 N–H and O–H groups in total. The molecule has 0 heterocycles. The Bertz CT molecular complexity index is 771. The van der Waals surface area contributed by atoms with Crippen molar-refractivity contribution < 1.29 is 19.1 Å². The van der Waals surface area contributed by atoms with Gasteiger partial charge in [0.15, 0.2) is 0 Å². The van der Waals surface area contributed by atoms with E-state index in [1.165, 1.54) is 0 Å². The van der Waals surface area contributed by atoms with E-state index in [9.17, 15) is 20.1 Å². The summed E-state index contributed by atoms with van der Waals surface area (Å²) in [5.74, 6) is -0.268. The van der Waals surface area contributed by atoms with Gasteiger partial charge in [-0.15, -0.1) is 0 Å². The molecule has 2 aliphatic rings. The first kappa shape index (κ1) is 32.1. The number of carbonyl (C=O) groups is 2. The van der Waals surface area contributed by atoms with Crippen LogP contribution in [0.4, 0.5) is 0 Å². The number of hydrogen-bond acceptors (Lipinski definition) is 6. The van der Waals surface area contributed by atoms with Crippen molar-refractivity contribution in [1.82, 2.24) is 0 Å². The molecule has 0 spiro atoms. The highest BCUT2D eigenvalue weighted by Gasteiger charge is 2.49. The lowest BCUT2D eigenvalue weighted by Gasteiger charge is -2.40. The Morgan fingerprint density at radius 2 is 0.974 bits per heavy atom. The molecular formula is C32H52N2O4. The van der Waals surface area contributed by atoms with Gasteiger partial charge in [0.25, 0.3) is 0 Å². The fourth-order valence-corrected chi connectivity index (χ4v) is 7.28. The zero-order valence-electron chi connectivity index (χ0n) is 24.9. The minimum absolute atomic E-state index is 0.0794. The molecule has 0 radical (unpaired) electrons. The van der Waals surface area contributed by atoms with E-state index in [0.29, 0.717) is 0 Å². The van der Waals surface area contributed by atoms with Crippen LogP contribution in [0.2, 0.25) is 0 Å². The lowest BCUT2D eigenvalue weighted by molar-refractivity contribution is -0.167. The van der Waals surface area contributed by atoms with Crippen molar-refractivity contribution in [1.29, 1.82) is 10.5 Å². The predicted molar refractivity (Wildman–Crippen MR) is 148 cm³/mol. The third kappa shape index (κ3) is 7.31. The molecule has 0 aromatic heterocycles. The first-order chi connectivity index (χ1) is 18.1. The quantitative estimate of drug-likeness (QED) is 0.200. The minimum Gasteiger partial charge on any atom is -0.460 e. The Morgan fingerprint density at radius 3 is 1.21 bits per heavy atom. The van der Waals surface area contributed by atoms with E-state index in [2.05, 4.69) is 39.8 Å². The first-order valence-corrected chi connectivity index (χ1v) is 15.4. The van der Waals surface area contributed by atoms with Crippen LogP contribution in [0.3, 0.4) is 0 Å². The van der Waals surface area contributed by atoms with Gasteiger partial charge in [-0.25, -0.2) is 0 Å². The van der Waals surface area contributed by atoms with Gasteiger partial charge < -0.3 is 9.47 Å². The van der Waals surface area contributed by atoms with Gasteiger partial charge in [-0.2, -0.15) is 10.5 Å². The standard InChI is InChI=1S/C32H52N2O4/c1-7-23(8-2)29(31(5,21-33)25-15-11-12-16-25)37-27(35)19-20-28(36)38-30(24(9-3)10-4)32(6,22-34)26-17-13-14-18-26/h23-26,29-30H,7-20H2,1-6H3. The molecule has 6 heteroatoms. The Labute approximate surface area is 231 Å². The summed E-state index contributed by atoms with van der Waals surface area (Å²) in [5, 5.41) is 20.5. The molecule has 0 aliphatic heterocycles. The number of carbonyl (C=O) groups excluding carboxylic acids is 2. The van der Waals surface area contributed by atoms with Crippen LogP contribution in [0, 0.1) is 57.2 Å². The maximum atomic E-state index is 13.1. The lowest BCUT2D eigenvalue weighted by atomic mass is 9.68. The largest absolute Gasteiger partial charge is 0.460 e. The number of rotatable bonds is 15. The number of esters is 2. The molecular weight excluding hydrogens is 476 g/mol. The van der Waals surface area contributed by atoms with E-state index in [-0.39, 0.29) is 36.5 Å². The van der Waals surface area contributed by atoms with E-state index in [1.807, 2.05) is 13.8 Å². The molecule has 2 rings (SSSR count). The third-order valence-electron chi connectivity index (χ3n) is 10.1. The summed E-state index contributed by atoms with van der Waals surface area (Å²) in [6, 6.07) is 5.08. The topological polar surface area (TPSA) is 100 Å². The predicted octanol–water partition coefficient (Wildman–Crippen LogP) is 7.90. The van der Waals surface area contributed by atoms with Crippen LogP contribution >= 0.6 is 0 Å². The second-order valence-corrected chi connectivity index (χ2v) is 12.2. The van der Waals surface area contributed by atoms with Gasteiger partial charge >= 0.3 is 11.9 Å². The van der Waals surface area contributed by atoms with Crippen molar-refractivity contribution in [2.24, 2.45) is 34.5 Å². The Kier molecular flexibility index (Phi) is 12.6. The molecule has 4 unspecified atom stereocenters. The van der Waals surface area contributed by atoms with Gasteiger partial charge in [-0.1, -0.05) is 53.4 Å². The minimum atomic E-state index is -0.736. The van der Waals surface area contributed by atoms with Gasteiger partial charge in [-0.3, -0.25) is 9.59 Å². The van der Waals surface area contributed by atoms with Gasteiger partial charge in [-0.05, 0) is 88.9 Å². The van der Waals surface area contributed by atoms with Crippen LogP contribution in [0.15, 0.2) is 0 Å². The number of nitrogens with zero attached hydrogens (tertiary/aromatic N) is 2. The maximum Gasteiger partial charge on any atom is 0.306 e. The second kappa shape index (κ2) is 14.9. The highest BCUT2D eigenvalue weighted by molar-refractivity contribution is 5.78. The molecule has 0 saturated heterocycles. The molecule has 6 nitrogen and oxygen atoms in total. The Morgan fingerprint density at radius 1 is 0.684 bits per heavy atom. The fourth-order valence-electron chi connectivity index (χ4n) is 7.28. The van der Waals surface area contributed by atoms with Gasteiger partial charge in [0.05, 0.1) is 35.8 Å². The van der Waals surface area contributed by atoms with Crippen molar-refractivity contribution in [2.75, 3.05) is 0 Å². The smallest absolute Gasteiger partial charge is 0.306 e. The van der Waals surface area contributed by atoms with Crippen LogP contribution in [-0.2, 0) is 19.1 Å². The molecule has 38 heavy (non-hydrogen) atoms. The zero-order chi connectivity index (χ0) is 28.3. The average Bonchev–Trinajstić information content (AvgIpc) is 3.67. The second-order valence-electron chi connectivity index (χ2n) is 12.2. The average molecular weight is 529 g/mol. The first-order valence-electron chi connectivity index (χ1n) is 15.4. The normalized spacial score (nSPS) is 21.3. The summed E-state index contributed by atoms with van der Waals surface area (Å²) in [4.78, 5) is 26.1. The maximum absolute atomic E-state index is 13.1. The van der Waals surface area contributed by atoms with Crippen LogP contribution in [0.25, 0.3) is 0 Å². The van der Waals surface area contributed by atoms with Crippen LogP contribution < -0.4 is 0 Å². The molecule has 214 valence electrons. The van der Waals surface area contributed by atoms with Crippen molar-refractivity contribution in [3.05, 3.63) is 0 Å². The summed E-state index contributed by atoms with van der Waals surface area (Å²) in [6.45, 7) is 12.2. The van der Waals surface area contributed by atoms with E-state index < -0.39 is 35.0 Å². The van der Waals surface area contributed by atoms with E-state index in [1.54, 1.807) is 0 Å². The SMILES string of the molecule is CCC(CC)C(OC(=O)CCC(=O)OC(C(CC)CC)C(C)(C#N)C1CCCC1)C(C)(C#N)C1CCCC1. The summed E-state index contributed by atoms with van der Waals surface area (Å²) in [7, 11) is 0. The molecule has 2 aliphatic carbocycles. The molecule has 4 atom stereocenters. The highest BCUT2D eigenvalue weighted by Crippen LogP contribution is 2.47. The van der Waals surface area contributed by atoms with Crippen molar-refractivity contribution in [3.63, 3.8) is 0 Å². The molecule has 0 aromatic rings. The van der Waals surface area contributed by atoms with Crippen LogP contribution in [0.5, 0.6) is 0 Å². The monoisotopic (exact) mass is 528 g/mol. The van der Waals surface area contributed by atoms with Crippen molar-refractivity contribution in [3.8, 4) is 12.1 Å². The Balaban J connectivity index is 2.12. The summed E-state index contributed by atoms with van der Waals surface area (Å²) in [5.41, 5.74) is -1.47. The summed E-state index contributed by atoms with van der Waals surface area (Å²) >= 11 is 0. The van der Waals surface area contributed by atoms with Gasteiger partial charge in [0.1, 0.15) is 12.2 Å². The zero-order valence-corrected chi connectivity index (χ0v) is 24.9. The summed E-state index contributed by atoms with van der Waals surface area (Å²) in [6.07, 6.45) is 10.5. The third-order valence-corrected chi connectivity index (χ3v) is 10.1.